The highest BCUT2D eigenvalue weighted by atomic mass is 16.5. The van der Waals surface area contributed by atoms with Crippen molar-refractivity contribution < 1.29 is 9.53 Å². The van der Waals surface area contributed by atoms with Crippen molar-refractivity contribution >= 4 is 11.6 Å². The zero-order chi connectivity index (χ0) is 12.5. The lowest BCUT2D eigenvalue weighted by molar-refractivity contribution is 0.0591. The van der Waals surface area contributed by atoms with Crippen LogP contribution in [0.2, 0.25) is 0 Å². The molecule has 1 fully saturated rings. The van der Waals surface area contributed by atoms with E-state index in [4.69, 9.17) is 4.74 Å². The smallest absolute Gasteiger partial charge is 0.356 e. The summed E-state index contributed by atoms with van der Waals surface area (Å²) >= 11 is 0. The average Bonchev–Trinajstić information content (AvgIpc) is 3.04. The van der Waals surface area contributed by atoms with Crippen molar-refractivity contribution in [2.45, 2.75) is 18.9 Å². The normalized spacial score (nSPS) is 19.3. The summed E-state index contributed by atoms with van der Waals surface area (Å²) in [6, 6.07) is 5.48. The van der Waals surface area contributed by atoms with Crippen molar-refractivity contribution in [1.82, 2.24) is 19.9 Å². The molecule has 2 aromatic heterocycles. The highest BCUT2D eigenvalue weighted by Gasteiger charge is 2.22. The molecule has 94 valence electrons. The van der Waals surface area contributed by atoms with Crippen molar-refractivity contribution in [1.29, 1.82) is 0 Å². The van der Waals surface area contributed by atoms with E-state index < -0.39 is 5.97 Å². The highest BCUT2D eigenvalue weighted by molar-refractivity contribution is 5.88. The molecule has 0 amide bonds. The number of esters is 1. The third-order valence-corrected chi connectivity index (χ3v) is 3.14. The van der Waals surface area contributed by atoms with E-state index in [0.29, 0.717) is 11.3 Å². The summed E-state index contributed by atoms with van der Waals surface area (Å²) in [5, 5.41) is 7.75. The molecule has 0 spiro atoms. The molecule has 1 atom stereocenters. The average molecular weight is 246 g/mol. The minimum atomic E-state index is -0.406. The number of rotatable bonds is 2. The molecule has 1 unspecified atom stereocenters. The number of hydrogen-bond acceptors (Lipinski definition) is 5. The molecule has 0 aromatic carbocycles. The van der Waals surface area contributed by atoms with Crippen LogP contribution in [0.4, 0.5) is 0 Å². The lowest BCUT2D eigenvalue weighted by atomic mass is 10.2. The van der Waals surface area contributed by atoms with Gasteiger partial charge in [-0.1, -0.05) is 6.07 Å². The van der Waals surface area contributed by atoms with Crippen molar-refractivity contribution in [2.24, 2.45) is 0 Å². The van der Waals surface area contributed by atoms with Crippen LogP contribution in [0.5, 0.6) is 0 Å². The molecule has 3 rings (SSSR count). The Morgan fingerprint density at radius 1 is 1.56 bits per heavy atom. The maximum absolute atomic E-state index is 11.6. The number of aromatic nitrogens is 3. The van der Waals surface area contributed by atoms with Crippen LogP contribution < -0.4 is 5.32 Å². The zero-order valence-electron chi connectivity index (χ0n) is 10.1. The Morgan fingerprint density at radius 2 is 2.44 bits per heavy atom. The first-order valence-corrected chi connectivity index (χ1v) is 5.97. The summed E-state index contributed by atoms with van der Waals surface area (Å²) in [6.07, 6.45) is 2.16. The van der Waals surface area contributed by atoms with Crippen LogP contribution in [-0.4, -0.2) is 34.2 Å². The number of fused-ring (bicyclic) bond motifs is 1. The second-order valence-electron chi connectivity index (χ2n) is 4.29. The molecule has 0 radical (unpaired) electrons. The second-order valence-corrected chi connectivity index (χ2v) is 4.29. The molecular formula is C12H14N4O2. The van der Waals surface area contributed by atoms with Crippen LogP contribution in [0, 0.1) is 0 Å². The van der Waals surface area contributed by atoms with E-state index >= 15 is 0 Å². The topological polar surface area (TPSA) is 68.5 Å². The number of pyridine rings is 1. The minimum Gasteiger partial charge on any atom is -0.464 e. The van der Waals surface area contributed by atoms with Crippen LogP contribution in [0.1, 0.15) is 35.2 Å². The van der Waals surface area contributed by atoms with Gasteiger partial charge in [-0.25, -0.2) is 14.3 Å². The first-order chi connectivity index (χ1) is 8.79. The van der Waals surface area contributed by atoms with Crippen molar-refractivity contribution in [3.63, 3.8) is 0 Å². The van der Waals surface area contributed by atoms with Gasteiger partial charge in [-0.3, -0.25) is 0 Å². The largest absolute Gasteiger partial charge is 0.464 e. The van der Waals surface area contributed by atoms with Crippen LogP contribution in [0.3, 0.4) is 0 Å². The predicted molar refractivity (Wildman–Crippen MR) is 64.3 cm³/mol. The molecule has 2 aromatic rings. The van der Waals surface area contributed by atoms with Crippen LogP contribution >= 0.6 is 0 Å². The van der Waals surface area contributed by atoms with E-state index in [9.17, 15) is 4.79 Å². The summed E-state index contributed by atoms with van der Waals surface area (Å²) in [6.45, 7) is 0.990. The summed E-state index contributed by atoms with van der Waals surface area (Å²) in [7, 11) is 1.36. The maximum atomic E-state index is 11.6. The van der Waals surface area contributed by atoms with Crippen LogP contribution in [0.15, 0.2) is 18.2 Å². The van der Waals surface area contributed by atoms with Gasteiger partial charge in [-0.2, -0.15) is 0 Å². The van der Waals surface area contributed by atoms with E-state index in [1.807, 2.05) is 6.07 Å². The van der Waals surface area contributed by atoms with Crippen molar-refractivity contribution in [2.75, 3.05) is 13.7 Å². The Morgan fingerprint density at radius 3 is 3.17 bits per heavy atom. The van der Waals surface area contributed by atoms with Gasteiger partial charge in [-0.05, 0) is 31.5 Å². The Bertz CT molecular complexity index is 587. The standard InChI is InChI=1S/C12H14N4O2/c1-18-12(17)9-5-2-6-10-14-11(15-16(9)10)8-4-3-7-13-8/h2,5-6,8,13H,3-4,7H2,1H3. The highest BCUT2D eigenvalue weighted by Crippen LogP contribution is 2.20. The first-order valence-electron chi connectivity index (χ1n) is 5.97. The molecule has 6 nitrogen and oxygen atoms in total. The number of carbonyl (C=O) groups is 1. The van der Waals surface area contributed by atoms with Gasteiger partial charge in [0.05, 0.1) is 13.2 Å². The Kier molecular flexibility index (Phi) is 2.71. The maximum Gasteiger partial charge on any atom is 0.356 e. The van der Waals surface area contributed by atoms with Gasteiger partial charge in [0, 0.05) is 0 Å². The van der Waals surface area contributed by atoms with Gasteiger partial charge < -0.3 is 10.1 Å². The Hall–Kier alpha value is -1.95. The fourth-order valence-electron chi connectivity index (χ4n) is 2.23. The van der Waals surface area contributed by atoms with E-state index in [1.165, 1.54) is 7.11 Å². The Balaban J connectivity index is 2.08. The fourth-order valence-corrected chi connectivity index (χ4v) is 2.23. The molecule has 1 saturated heterocycles. The minimum absolute atomic E-state index is 0.190. The first kappa shape index (κ1) is 11.2. The predicted octanol–water partition coefficient (Wildman–Crippen LogP) is 0.940. The molecule has 0 saturated carbocycles. The molecule has 1 N–H and O–H groups in total. The second kappa shape index (κ2) is 4.38. The molecule has 1 aliphatic heterocycles. The van der Waals surface area contributed by atoms with Gasteiger partial charge in [0.1, 0.15) is 0 Å². The van der Waals surface area contributed by atoms with Crippen LogP contribution in [0.25, 0.3) is 5.65 Å². The van der Waals surface area contributed by atoms with Crippen molar-refractivity contribution in [3.05, 3.63) is 29.7 Å². The summed E-state index contributed by atoms with van der Waals surface area (Å²) in [4.78, 5) is 16.1. The number of ether oxygens (including phenoxy) is 1. The number of nitrogens with one attached hydrogen (secondary N) is 1. The SMILES string of the molecule is COC(=O)c1cccc2nc(C3CCCN3)nn12. The van der Waals surface area contributed by atoms with Gasteiger partial charge in [0.2, 0.25) is 0 Å². The molecule has 6 heteroatoms. The van der Waals surface area contributed by atoms with Gasteiger partial charge >= 0.3 is 5.97 Å². The van der Waals surface area contributed by atoms with E-state index in [0.717, 1.165) is 25.2 Å². The zero-order valence-corrected chi connectivity index (χ0v) is 10.1. The summed E-state index contributed by atoms with van der Waals surface area (Å²) < 4.78 is 6.28. The van der Waals surface area contributed by atoms with Gasteiger partial charge in [0.15, 0.2) is 17.2 Å². The number of methoxy groups -OCH3 is 1. The third-order valence-electron chi connectivity index (χ3n) is 3.14. The molecule has 0 aliphatic carbocycles. The monoisotopic (exact) mass is 246 g/mol. The summed E-state index contributed by atoms with van der Waals surface area (Å²) in [5.74, 6) is 0.334. The van der Waals surface area contributed by atoms with E-state index in [2.05, 4.69) is 15.4 Å². The lowest BCUT2D eigenvalue weighted by Crippen LogP contribution is -2.15. The molecule has 1 aliphatic rings. The summed E-state index contributed by atoms with van der Waals surface area (Å²) in [5.41, 5.74) is 1.06. The molecule has 0 bridgehead atoms. The molecule has 3 heterocycles. The van der Waals surface area contributed by atoms with Gasteiger partial charge in [0.25, 0.3) is 0 Å². The number of hydrogen-bond donors (Lipinski definition) is 1. The molecular weight excluding hydrogens is 232 g/mol. The van der Waals surface area contributed by atoms with Crippen molar-refractivity contribution in [3.8, 4) is 0 Å². The fraction of sp³-hybridized carbons (Fsp3) is 0.417. The number of carbonyl (C=O) groups excluding carboxylic acids is 1. The molecule has 18 heavy (non-hydrogen) atoms. The number of nitrogens with zero attached hydrogens (tertiary/aromatic N) is 3. The van der Waals surface area contributed by atoms with E-state index in [1.54, 1.807) is 16.6 Å². The third kappa shape index (κ3) is 1.74. The lowest BCUT2D eigenvalue weighted by Gasteiger charge is -2.03. The van der Waals surface area contributed by atoms with Crippen LogP contribution in [-0.2, 0) is 4.74 Å². The quantitative estimate of drug-likeness (QED) is 0.799. The van der Waals surface area contributed by atoms with Gasteiger partial charge in [-0.15, -0.1) is 5.10 Å². The Labute approximate surface area is 104 Å². The van der Waals surface area contributed by atoms with E-state index in [-0.39, 0.29) is 6.04 Å².